The molecule has 4 heteroatoms. The number of aliphatic hydroxyl groups is 1. The van der Waals surface area contributed by atoms with Crippen LogP contribution in [0.25, 0.3) is 0 Å². The second-order valence-electron chi connectivity index (χ2n) is 4.16. The van der Waals surface area contributed by atoms with Crippen LogP contribution in [0, 0.1) is 5.92 Å². The fourth-order valence-electron chi connectivity index (χ4n) is 1.33. The van der Waals surface area contributed by atoms with E-state index in [2.05, 4.69) is 5.10 Å². The van der Waals surface area contributed by atoms with Crippen molar-refractivity contribution in [3.63, 3.8) is 0 Å². The zero-order chi connectivity index (χ0) is 11.6. The molecule has 1 N–H and O–H groups in total. The van der Waals surface area contributed by atoms with E-state index in [1.807, 2.05) is 20.8 Å². The summed E-state index contributed by atoms with van der Waals surface area (Å²) in [5.74, 6) is 0.00153. The van der Waals surface area contributed by atoms with Gasteiger partial charge in [0, 0.05) is 12.1 Å². The highest BCUT2D eigenvalue weighted by Gasteiger charge is 2.20. The molecule has 0 amide bonds. The molecule has 4 nitrogen and oxygen atoms in total. The minimum atomic E-state index is -0.524. The fraction of sp³-hybridized carbons (Fsp3) is 0.636. The maximum absolute atomic E-state index is 11.8. The molecule has 1 heterocycles. The molecule has 2 atom stereocenters. The van der Waals surface area contributed by atoms with Crippen molar-refractivity contribution in [3.8, 4) is 0 Å². The zero-order valence-corrected chi connectivity index (χ0v) is 9.64. The van der Waals surface area contributed by atoms with Crippen LogP contribution >= 0.6 is 0 Å². The van der Waals surface area contributed by atoms with Crippen LogP contribution in [0.15, 0.2) is 12.3 Å². The predicted octanol–water partition coefficient (Wildman–Crippen LogP) is 1.66. The first-order chi connectivity index (χ1) is 6.95. The van der Waals surface area contributed by atoms with Gasteiger partial charge in [-0.05, 0) is 19.9 Å². The predicted molar refractivity (Wildman–Crippen MR) is 57.8 cm³/mol. The number of nitrogens with zero attached hydrogens (tertiary/aromatic N) is 2. The van der Waals surface area contributed by atoms with E-state index >= 15 is 0 Å². The van der Waals surface area contributed by atoms with E-state index < -0.39 is 6.10 Å². The molecule has 1 rings (SSSR count). The van der Waals surface area contributed by atoms with Crippen molar-refractivity contribution >= 4 is 5.78 Å². The van der Waals surface area contributed by atoms with Gasteiger partial charge >= 0.3 is 0 Å². The van der Waals surface area contributed by atoms with Crippen LogP contribution in [0.3, 0.4) is 0 Å². The summed E-state index contributed by atoms with van der Waals surface area (Å²) in [4.78, 5) is 11.8. The van der Waals surface area contributed by atoms with E-state index in [-0.39, 0.29) is 17.7 Å². The third kappa shape index (κ3) is 2.45. The molecule has 15 heavy (non-hydrogen) atoms. The lowest BCUT2D eigenvalue weighted by Crippen LogP contribution is -2.24. The van der Waals surface area contributed by atoms with Gasteiger partial charge in [-0.25, -0.2) is 0 Å². The molecule has 0 aliphatic heterocycles. The highest BCUT2D eigenvalue weighted by molar-refractivity contribution is 5.95. The van der Waals surface area contributed by atoms with E-state index in [0.29, 0.717) is 5.69 Å². The average molecular weight is 210 g/mol. The van der Waals surface area contributed by atoms with E-state index in [1.165, 1.54) is 0 Å². The summed E-state index contributed by atoms with van der Waals surface area (Å²) in [7, 11) is 0. The maximum Gasteiger partial charge on any atom is 0.183 e. The Morgan fingerprint density at radius 2 is 2.00 bits per heavy atom. The molecule has 2 unspecified atom stereocenters. The summed E-state index contributed by atoms with van der Waals surface area (Å²) in [6.45, 7) is 7.24. The number of rotatable bonds is 4. The number of ketones is 1. The highest BCUT2D eigenvalue weighted by atomic mass is 16.3. The Labute approximate surface area is 89.9 Å². The Morgan fingerprint density at radius 3 is 2.47 bits per heavy atom. The summed E-state index contributed by atoms with van der Waals surface area (Å²) in [5.41, 5.74) is 0.568. The number of aromatic nitrogens is 2. The number of aliphatic hydroxyl groups excluding tert-OH is 1. The van der Waals surface area contributed by atoms with Gasteiger partial charge in [-0.15, -0.1) is 0 Å². The number of carbonyl (C=O) groups is 1. The standard InChI is InChI=1S/C11H18N2O2/c1-7(2)11(15)10-5-6-12-13(10)8(3)9(4)14/h5-9,14H,1-4H3. The van der Waals surface area contributed by atoms with Gasteiger partial charge in [0.1, 0.15) is 5.69 Å². The lowest BCUT2D eigenvalue weighted by atomic mass is 10.1. The molecule has 1 aromatic rings. The Balaban J connectivity index is 3.01. The fourth-order valence-corrected chi connectivity index (χ4v) is 1.33. The van der Waals surface area contributed by atoms with E-state index in [1.54, 1.807) is 23.9 Å². The van der Waals surface area contributed by atoms with Crippen molar-refractivity contribution in [3.05, 3.63) is 18.0 Å². The minimum absolute atomic E-state index is 0.0540. The number of Topliss-reactive ketones (excluding diaryl/α,β-unsaturated/α-hetero) is 1. The van der Waals surface area contributed by atoms with Crippen LogP contribution in [-0.2, 0) is 0 Å². The van der Waals surface area contributed by atoms with Crippen molar-refractivity contribution in [1.82, 2.24) is 9.78 Å². The molecular formula is C11H18N2O2. The lowest BCUT2D eigenvalue weighted by molar-refractivity contribution is 0.0908. The lowest BCUT2D eigenvalue weighted by Gasteiger charge is -2.18. The molecule has 0 fully saturated rings. The Kier molecular flexibility index (Phi) is 3.63. The van der Waals surface area contributed by atoms with Crippen LogP contribution in [-0.4, -0.2) is 26.8 Å². The van der Waals surface area contributed by atoms with Gasteiger partial charge in [-0.2, -0.15) is 5.10 Å². The molecule has 0 saturated carbocycles. The summed E-state index contributed by atoms with van der Waals surface area (Å²) in [6.07, 6.45) is 1.07. The van der Waals surface area contributed by atoms with Crippen molar-refractivity contribution < 1.29 is 9.90 Å². The normalized spacial score (nSPS) is 15.3. The monoisotopic (exact) mass is 210 g/mol. The first kappa shape index (κ1) is 11.9. The number of hydrogen-bond donors (Lipinski definition) is 1. The highest BCUT2D eigenvalue weighted by Crippen LogP contribution is 2.15. The molecule has 84 valence electrons. The zero-order valence-electron chi connectivity index (χ0n) is 9.64. The first-order valence-corrected chi connectivity index (χ1v) is 5.21. The van der Waals surface area contributed by atoms with Gasteiger partial charge in [0.15, 0.2) is 5.78 Å². The molecule has 0 spiro atoms. The minimum Gasteiger partial charge on any atom is -0.391 e. The maximum atomic E-state index is 11.8. The van der Waals surface area contributed by atoms with Crippen LogP contribution in [0.4, 0.5) is 0 Å². The second kappa shape index (κ2) is 4.57. The third-order valence-corrected chi connectivity index (χ3v) is 2.53. The SMILES string of the molecule is CC(C)C(=O)c1ccnn1C(C)C(C)O. The van der Waals surface area contributed by atoms with Crippen LogP contribution in [0.5, 0.6) is 0 Å². The van der Waals surface area contributed by atoms with Gasteiger partial charge in [0.05, 0.1) is 12.1 Å². The third-order valence-electron chi connectivity index (χ3n) is 2.53. The Bertz CT molecular complexity index is 342. The molecule has 0 saturated heterocycles. The van der Waals surface area contributed by atoms with Crippen LogP contribution in [0.2, 0.25) is 0 Å². The van der Waals surface area contributed by atoms with Crippen molar-refractivity contribution in [2.45, 2.75) is 39.8 Å². The molecule has 1 aromatic heterocycles. The van der Waals surface area contributed by atoms with Gasteiger partial charge < -0.3 is 5.11 Å². The number of hydrogen-bond acceptors (Lipinski definition) is 3. The molecule has 0 aliphatic carbocycles. The Morgan fingerprint density at radius 1 is 1.40 bits per heavy atom. The second-order valence-corrected chi connectivity index (χ2v) is 4.16. The van der Waals surface area contributed by atoms with Crippen molar-refractivity contribution in [2.75, 3.05) is 0 Å². The van der Waals surface area contributed by atoms with Gasteiger partial charge in [-0.1, -0.05) is 13.8 Å². The largest absolute Gasteiger partial charge is 0.391 e. The summed E-state index contributed by atoms with van der Waals surface area (Å²) in [5, 5.41) is 13.5. The molecule has 0 aliphatic rings. The topological polar surface area (TPSA) is 55.1 Å². The quantitative estimate of drug-likeness (QED) is 0.769. The Hall–Kier alpha value is -1.16. The van der Waals surface area contributed by atoms with E-state index in [0.717, 1.165) is 0 Å². The summed E-state index contributed by atoms with van der Waals surface area (Å²) >= 11 is 0. The van der Waals surface area contributed by atoms with Gasteiger partial charge in [0.25, 0.3) is 0 Å². The van der Waals surface area contributed by atoms with Gasteiger partial charge in [-0.3, -0.25) is 9.48 Å². The van der Waals surface area contributed by atoms with Crippen LogP contribution < -0.4 is 0 Å². The molecular weight excluding hydrogens is 192 g/mol. The summed E-state index contributed by atoms with van der Waals surface area (Å²) in [6, 6.07) is 1.51. The van der Waals surface area contributed by atoms with Crippen LogP contribution in [0.1, 0.15) is 44.2 Å². The van der Waals surface area contributed by atoms with Crippen molar-refractivity contribution in [2.24, 2.45) is 5.92 Å². The first-order valence-electron chi connectivity index (χ1n) is 5.21. The average Bonchev–Trinajstić information content (AvgIpc) is 2.63. The molecule has 0 aromatic carbocycles. The smallest absolute Gasteiger partial charge is 0.183 e. The van der Waals surface area contributed by atoms with E-state index in [4.69, 9.17) is 0 Å². The number of carbonyl (C=O) groups excluding carboxylic acids is 1. The molecule has 0 bridgehead atoms. The van der Waals surface area contributed by atoms with Crippen molar-refractivity contribution in [1.29, 1.82) is 0 Å². The molecule has 0 radical (unpaired) electrons. The van der Waals surface area contributed by atoms with Gasteiger partial charge in [0.2, 0.25) is 0 Å². The summed E-state index contributed by atoms with van der Waals surface area (Å²) < 4.78 is 1.59. The van der Waals surface area contributed by atoms with E-state index in [9.17, 15) is 9.90 Å².